The number of nitrogens with one attached hydrogen (secondary N) is 1. The number of hydrogen-bond acceptors (Lipinski definition) is 4. The smallest absolute Gasteiger partial charge is 0.409 e. The van der Waals surface area contributed by atoms with Gasteiger partial charge in [0, 0.05) is 37.0 Å². The van der Waals surface area contributed by atoms with Gasteiger partial charge >= 0.3 is 6.09 Å². The molecule has 1 N–H and O–H groups in total. The maximum atomic E-state index is 13.7. The molecule has 8 heteroatoms. The Morgan fingerprint density at radius 3 is 2.41 bits per heavy atom. The predicted molar refractivity (Wildman–Crippen MR) is 163 cm³/mol. The molecule has 3 heterocycles. The van der Waals surface area contributed by atoms with Crippen molar-refractivity contribution < 1.29 is 14.3 Å². The third-order valence-corrected chi connectivity index (χ3v) is 8.02. The second-order valence-corrected chi connectivity index (χ2v) is 12.1. The number of amides is 2. The summed E-state index contributed by atoms with van der Waals surface area (Å²) in [5.41, 5.74) is 5.69. The highest BCUT2D eigenvalue weighted by Gasteiger charge is 2.26. The number of para-hydroxylation sites is 1. The second-order valence-electron chi connectivity index (χ2n) is 12.1. The first kappa shape index (κ1) is 28.5. The minimum absolute atomic E-state index is 0.170. The quantitative estimate of drug-likeness (QED) is 0.289. The summed E-state index contributed by atoms with van der Waals surface area (Å²) < 4.78 is 8.99. The van der Waals surface area contributed by atoms with Crippen molar-refractivity contribution in [2.24, 2.45) is 13.0 Å². The van der Waals surface area contributed by atoms with Crippen LogP contribution in [0.2, 0.25) is 0 Å². The molecule has 0 radical (unpaired) electrons. The van der Waals surface area contributed by atoms with Crippen LogP contribution in [0.25, 0.3) is 16.6 Å². The monoisotopic (exact) mass is 555 g/mol. The van der Waals surface area contributed by atoms with Crippen molar-refractivity contribution in [2.75, 3.05) is 25.0 Å². The molecule has 2 aromatic heterocycles. The fraction of sp³-hybridized carbons (Fsp3) is 0.424. The molecule has 8 nitrogen and oxygen atoms in total. The van der Waals surface area contributed by atoms with Gasteiger partial charge in [0.25, 0.3) is 5.91 Å². The van der Waals surface area contributed by atoms with Crippen molar-refractivity contribution in [3.8, 4) is 5.69 Å². The van der Waals surface area contributed by atoms with E-state index in [2.05, 4.69) is 51.2 Å². The van der Waals surface area contributed by atoms with Crippen LogP contribution >= 0.6 is 0 Å². The maximum absolute atomic E-state index is 13.7. The van der Waals surface area contributed by atoms with Gasteiger partial charge < -0.3 is 19.5 Å². The van der Waals surface area contributed by atoms with E-state index in [-0.39, 0.29) is 17.4 Å². The number of rotatable bonds is 6. The molecule has 216 valence electrons. The number of carbonyl (C=O) groups is 2. The first-order valence-electron chi connectivity index (χ1n) is 14.5. The van der Waals surface area contributed by atoms with E-state index in [9.17, 15) is 9.59 Å². The standard InChI is InChI=1S/C33H41N5O3/c1-7-41-32(40)37-17-15-23(16-18-37)19-24-9-8-10-25-20-27(36(6)30(24)25)31(39)34-29-21-28(33(3,4)5)35-38(29)26-13-11-22(2)12-14-26/h8-14,20-21,23H,7,15-19H2,1-6H3,(H,34,39). The number of fused-ring (bicyclic) bond motifs is 1. The molecule has 1 saturated heterocycles. The van der Waals surface area contributed by atoms with Gasteiger partial charge in [-0.25, -0.2) is 9.48 Å². The molecule has 2 aromatic carbocycles. The van der Waals surface area contributed by atoms with Gasteiger partial charge in [-0.15, -0.1) is 0 Å². The van der Waals surface area contributed by atoms with E-state index < -0.39 is 0 Å². The molecule has 0 atom stereocenters. The summed E-state index contributed by atoms with van der Waals surface area (Å²) in [5.74, 6) is 0.937. The number of aromatic nitrogens is 3. The molecule has 0 aliphatic carbocycles. The number of nitrogens with zero attached hydrogens (tertiary/aromatic N) is 4. The van der Waals surface area contributed by atoms with E-state index in [4.69, 9.17) is 9.84 Å². The van der Waals surface area contributed by atoms with Crippen molar-refractivity contribution in [3.63, 3.8) is 0 Å². The Hall–Kier alpha value is -4.07. The fourth-order valence-corrected chi connectivity index (χ4v) is 5.63. The molecule has 0 saturated carbocycles. The lowest BCUT2D eigenvalue weighted by molar-refractivity contribution is 0.0918. The zero-order chi connectivity index (χ0) is 29.3. The largest absolute Gasteiger partial charge is 0.450 e. The highest BCUT2D eigenvalue weighted by Crippen LogP contribution is 2.30. The van der Waals surface area contributed by atoms with Crippen LogP contribution in [0.1, 0.15) is 67.8 Å². The molecule has 5 rings (SSSR count). The van der Waals surface area contributed by atoms with Gasteiger partial charge in [-0.3, -0.25) is 4.79 Å². The number of benzene rings is 2. The summed E-state index contributed by atoms with van der Waals surface area (Å²) in [6, 6.07) is 18.3. The summed E-state index contributed by atoms with van der Waals surface area (Å²) >= 11 is 0. The van der Waals surface area contributed by atoms with Crippen LogP contribution in [0.15, 0.2) is 54.6 Å². The molecular formula is C33H41N5O3. The minimum atomic E-state index is -0.218. The Kier molecular flexibility index (Phi) is 7.93. The summed E-state index contributed by atoms with van der Waals surface area (Å²) in [5, 5.41) is 9.06. The lowest BCUT2D eigenvalue weighted by atomic mass is 9.89. The van der Waals surface area contributed by atoms with E-state index in [0.717, 1.165) is 41.5 Å². The first-order chi connectivity index (χ1) is 19.5. The van der Waals surface area contributed by atoms with Gasteiger partial charge in [-0.2, -0.15) is 5.10 Å². The second kappa shape index (κ2) is 11.4. The van der Waals surface area contributed by atoms with Crippen molar-refractivity contribution in [3.05, 3.63) is 77.1 Å². The third-order valence-electron chi connectivity index (χ3n) is 8.02. The highest BCUT2D eigenvalue weighted by molar-refractivity contribution is 6.06. The van der Waals surface area contributed by atoms with Crippen LogP contribution in [0.4, 0.5) is 10.6 Å². The van der Waals surface area contributed by atoms with Crippen LogP contribution in [0, 0.1) is 12.8 Å². The van der Waals surface area contributed by atoms with E-state index >= 15 is 0 Å². The number of carbonyl (C=O) groups excluding carboxylic acids is 2. The lowest BCUT2D eigenvalue weighted by Crippen LogP contribution is -2.39. The summed E-state index contributed by atoms with van der Waals surface area (Å²) in [7, 11) is 1.96. The van der Waals surface area contributed by atoms with E-state index in [1.807, 2.05) is 59.6 Å². The van der Waals surface area contributed by atoms with Crippen LogP contribution in [0.3, 0.4) is 0 Å². The van der Waals surface area contributed by atoms with Crippen LogP contribution in [-0.2, 0) is 23.6 Å². The number of likely N-dealkylation sites (tertiary alicyclic amines) is 1. The minimum Gasteiger partial charge on any atom is -0.450 e. The van der Waals surface area contributed by atoms with Crippen molar-refractivity contribution in [2.45, 2.75) is 59.3 Å². The van der Waals surface area contributed by atoms with Crippen LogP contribution in [-0.4, -0.2) is 50.9 Å². The highest BCUT2D eigenvalue weighted by atomic mass is 16.6. The van der Waals surface area contributed by atoms with Gasteiger partial charge in [0.2, 0.25) is 0 Å². The van der Waals surface area contributed by atoms with Crippen molar-refractivity contribution in [1.29, 1.82) is 0 Å². The summed E-state index contributed by atoms with van der Waals surface area (Å²) in [4.78, 5) is 27.6. The normalized spacial score (nSPS) is 14.4. The molecule has 0 spiro atoms. The van der Waals surface area contributed by atoms with Crippen LogP contribution < -0.4 is 5.32 Å². The molecule has 1 fully saturated rings. The van der Waals surface area contributed by atoms with Crippen molar-refractivity contribution in [1.82, 2.24) is 19.2 Å². The average molecular weight is 556 g/mol. The number of piperidine rings is 1. The molecule has 1 aliphatic heterocycles. The number of aryl methyl sites for hydroxylation is 2. The topological polar surface area (TPSA) is 81.4 Å². The van der Waals surface area contributed by atoms with E-state index in [0.29, 0.717) is 37.1 Å². The van der Waals surface area contributed by atoms with Crippen molar-refractivity contribution >= 4 is 28.7 Å². The van der Waals surface area contributed by atoms with E-state index in [1.165, 1.54) is 11.1 Å². The zero-order valence-electron chi connectivity index (χ0n) is 25.0. The molecule has 2 amide bonds. The molecule has 41 heavy (non-hydrogen) atoms. The molecule has 4 aromatic rings. The SMILES string of the molecule is CCOC(=O)N1CCC(Cc2cccc3cc(C(=O)Nc4cc(C(C)(C)C)nn4-c4ccc(C)cc4)n(C)c23)CC1. The summed E-state index contributed by atoms with van der Waals surface area (Å²) in [6.07, 6.45) is 2.56. The lowest BCUT2D eigenvalue weighted by Gasteiger charge is -2.31. The zero-order valence-corrected chi connectivity index (χ0v) is 25.0. The van der Waals surface area contributed by atoms with Gasteiger partial charge in [0.15, 0.2) is 0 Å². The number of ether oxygens (including phenoxy) is 1. The summed E-state index contributed by atoms with van der Waals surface area (Å²) in [6.45, 7) is 12.1. The molecule has 0 unspecified atom stereocenters. The Labute approximate surface area is 242 Å². The van der Waals surface area contributed by atoms with Gasteiger partial charge in [0.05, 0.1) is 23.5 Å². The van der Waals surface area contributed by atoms with Gasteiger partial charge in [-0.1, -0.05) is 56.7 Å². The molecule has 0 bridgehead atoms. The molecular weight excluding hydrogens is 514 g/mol. The maximum Gasteiger partial charge on any atom is 0.409 e. The third kappa shape index (κ3) is 6.01. The Balaban J connectivity index is 1.39. The number of anilines is 1. The average Bonchev–Trinajstić information content (AvgIpc) is 3.51. The van der Waals surface area contributed by atoms with Crippen LogP contribution in [0.5, 0.6) is 0 Å². The Morgan fingerprint density at radius 1 is 1.05 bits per heavy atom. The molecule has 1 aliphatic rings. The van der Waals surface area contributed by atoms with E-state index in [1.54, 1.807) is 4.90 Å². The Morgan fingerprint density at radius 2 is 1.76 bits per heavy atom. The van der Waals surface area contributed by atoms with Gasteiger partial charge in [-0.05, 0) is 62.8 Å². The fourth-order valence-electron chi connectivity index (χ4n) is 5.63. The van der Waals surface area contributed by atoms with Gasteiger partial charge in [0.1, 0.15) is 11.5 Å². The first-order valence-corrected chi connectivity index (χ1v) is 14.5. The number of hydrogen-bond donors (Lipinski definition) is 1. The Bertz CT molecular complexity index is 1550. The predicted octanol–water partition coefficient (Wildman–Crippen LogP) is 6.63.